The number of hydrogen-bond donors (Lipinski definition) is 1. The van der Waals surface area contributed by atoms with Gasteiger partial charge < -0.3 is 10.3 Å². The van der Waals surface area contributed by atoms with E-state index in [0.29, 0.717) is 18.0 Å². The third-order valence-electron chi connectivity index (χ3n) is 4.02. The zero-order valence-electron chi connectivity index (χ0n) is 11.3. The standard InChI is InChI=1S/C16H16N2OS/c1-10-6-7-14(15(17)20)16(19)18(10)9-12-8-11-4-2-3-5-13(11)12/h2-7,12H,8-9H2,1H3,(H2,17,20). The van der Waals surface area contributed by atoms with Crippen LogP contribution in [-0.4, -0.2) is 9.56 Å². The Labute approximate surface area is 123 Å². The van der Waals surface area contributed by atoms with Crippen molar-refractivity contribution >= 4 is 17.2 Å². The van der Waals surface area contributed by atoms with E-state index in [1.165, 1.54) is 11.1 Å². The zero-order chi connectivity index (χ0) is 14.3. The van der Waals surface area contributed by atoms with Crippen molar-refractivity contribution in [3.8, 4) is 0 Å². The monoisotopic (exact) mass is 284 g/mol. The maximum Gasteiger partial charge on any atom is 0.261 e. The highest BCUT2D eigenvalue weighted by molar-refractivity contribution is 7.80. The fraction of sp³-hybridized carbons (Fsp3) is 0.250. The second-order valence-electron chi connectivity index (χ2n) is 5.27. The van der Waals surface area contributed by atoms with Crippen molar-refractivity contribution in [2.45, 2.75) is 25.8 Å². The van der Waals surface area contributed by atoms with Crippen LogP contribution in [0.1, 0.15) is 28.3 Å². The van der Waals surface area contributed by atoms with Crippen molar-refractivity contribution in [3.05, 3.63) is 69.1 Å². The Morgan fingerprint density at radius 1 is 1.35 bits per heavy atom. The summed E-state index contributed by atoms with van der Waals surface area (Å²) < 4.78 is 1.79. The SMILES string of the molecule is Cc1ccc(C(N)=S)c(=O)n1CC1Cc2ccccc21. The first kappa shape index (κ1) is 13.1. The molecule has 0 spiro atoms. The molecule has 2 N–H and O–H groups in total. The van der Waals surface area contributed by atoms with Crippen LogP contribution in [0.15, 0.2) is 41.2 Å². The number of aryl methyl sites for hydroxylation is 1. The number of nitrogens with two attached hydrogens (primary N) is 1. The molecule has 0 saturated heterocycles. The Kier molecular flexibility index (Phi) is 3.18. The number of hydrogen-bond acceptors (Lipinski definition) is 2. The fourth-order valence-electron chi connectivity index (χ4n) is 2.83. The van der Waals surface area contributed by atoms with Gasteiger partial charge in [0.2, 0.25) is 0 Å². The molecule has 0 aliphatic heterocycles. The third kappa shape index (κ3) is 2.06. The van der Waals surface area contributed by atoms with E-state index in [2.05, 4.69) is 18.2 Å². The smallest absolute Gasteiger partial charge is 0.261 e. The first-order valence-corrected chi connectivity index (χ1v) is 7.07. The van der Waals surface area contributed by atoms with Gasteiger partial charge in [-0.15, -0.1) is 0 Å². The molecule has 20 heavy (non-hydrogen) atoms. The van der Waals surface area contributed by atoms with Gasteiger partial charge in [0.15, 0.2) is 0 Å². The maximum atomic E-state index is 12.4. The Morgan fingerprint density at radius 2 is 2.10 bits per heavy atom. The highest BCUT2D eigenvalue weighted by Crippen LogP contribution is 2.35. The lowest BCUT2D eigenvalue weighted by Gasteiger charge is -2.31. The van der Waals surface area contributed by atoms with Crippen LogP contribution in [0.25, 0.3) is 0 Å². The lowest BCUT2D eigenvalue weighted by atomic mass is 9.77. The van der Waals surface area contributed by atoms with Crippen molar-refractivity contribution in [1.29, 1.82) is 0 Å². The van der Waals surface area contributed by atoms with E-state index in [1.54, 1.807) is 10.6 Å². The van der Waals surface area contributed by atoms with Gasteiger partial charge in [-0.05, 0) is 36.6 Å². The first-order chi connectivity index (χ1) is 9.58. The first-order valence-electron chi connectivity index (χ1n) is 6.66. The Morgan fingerprint density at radius 3 is 2.80 bits per heavy atom. The van der Waals surface area contributed by atoms with Crippen LogP contribution in [0.4, 0.5) is 0 Å². The largest absolute Gasteiger partial charge is 0.389 e. The number of aromatic nitrogens is 1. The summed E-state index contributed by atoms with van der Waals surface area (Å²) in [5, 5.41) is 0. The Hall–Kier alpha value is -1.94. The summed E-state index contributed by atoms with van der Waals surface area (Å²) in [4.78, 5) is 12.6. The number of rotatable bonds is 3. The Balaban J connectivity index is 1.95. The van der Waals surface area contributed by atoms with E-state index in [0.717, 1.165) is 12.1 Å². The number of pyridine rings is 1. The molecule has 1 unspecified atom stereocenters. The molecule has 4 heteroatoms. The molecule has 1 aliphatic rings. The lowest BCUT2D eigenvalue weighted by molar-refractivity contribution is 0.491. The predicted molar refractivity (Wildman–Crippen MR) is 84.2 cm³/mol. The highest BCUT2D eigenvalue weighted by Gasteiger charge is 2.26. The summed E-state index contributed by atoms with van der Waals surface area (Å²) in [6.07, 6.45) is 1.03. The summed E-state index contributed by atoms with van der Waals surface area (Å²) in [6.45, 7) is 2.63. The van der Waals surface area contributed by atoms with Gasteiger partial charge in [-0.25, -0.2) is 0 Å². The molecule has 0 fully saturated rings. The van der Waals surface area contributed by atoms with Crippen LogP contribution in [0.2, 0.25) is 0 Å². The molecule has 1 atom stereocenters. The van der Waals surface area contributed by atoms with E-state index in [9.17, 15) is 4.79 Å². The maximum absolute atomic E-state index is 12.4. The normalized spacial score (nSPS) is 16.4. The van der Waals surface area contributed by atoms with Gasteiger partial charge in [-0.2, -0.15) is 0 Å². The second-order valence-corrected chi connectivity index (χ2v) is 5.71. The van der Waals surface area contributed by atoms with Crippen LogP contribution in [0.5, 0.6) is 0 Å². The minimum absolute atomic E-state index is 0.0816. The molecule has 1 aliphatic carbocycles. The highest BCUT2D eigenvalue weighted by atomic mass is 32.1. The van der Waals surface area contributed by atoms with E-state index < -0.39 is 0 Å². The summed E-state index contributed by atoms with van der Waals surface area (Å²) >= 11 is 4.94. The minimum Gasteiger partial charge on any atom is -0.389 e. The average Bonchev–Trinajstić information content (AvgIpc) is 2.38. The Bertz CT molecular complexity index is 748. The van der Waals surface area contributed by atoms with E-state index in [-0.39, 0.29) is 10.5 Å². The lowest BCUT2D eigenvalue weighted by Crippen LogP contribution is -2.33. The molecule has 0 radical (unpaired) electrons. The van der Waals surface area contributed by atoms with Crippen molar-refractivity contribution < 1.29 is 0 Å². The molecule has 3 nitrogen and oxygen atoms in total. The van der Waals surface area contributed by atoms with Gasteiger partial charge >= 0.3 is 0 Å². The van der Waals surface area contributed by atoms with Gasteiger partial charge in [0.1, 0.15) is 4.99 Å². The number of thiocarbonyl (C=S) groups is 1. The molecule has 0 amide bonds. The molecule has 1 aromatic heterocycles. The van der Waals surface area contributed by atoms with E-state index in [4.69, 9.17) is 18.0 Å². The van der Waals surface area contributed by atoms with E-state index in [1.807, 2.05) is 19.1 Å². The molecular weight excluding hydrogens is 268 g/mol. The van der Waals surface area contributed by atoms with Crippen LogP contribution < -0.4 is 11.3 Å². The predicted octanol–water partition coefficient (Wildman–Crippen LogP) is 2.13. The summed E-state index contributed by atoms with van der Waals surface area (Å²) in [6, 6.07) is 12.0. The molecular formula is C16H16N2OS. The van der Waals surface area contributed by atoms with Crippen LogP contribution in [-0.2, 0) is 13.0 Å². The quantitative estimate of drug-likeness (QED) is 0.878. The molecule has 2 aromatic rings. The van der Waals surface area contributed by atoms with Crippen molar-refractivity contribution in [1.82, 2.24) is 4.57 Å². The third-order valence-corrected chi connectivity index (χ3v) is 4.24. The molecule has 1 aromatic carbocycles. The van der Waals surface area contributed by atoms with E-state index >= 15 is 0 Å². The summed E-state index contributed by atoms with van der Waals surface area (Å²) in [5.74, 6) is 0.407. The van der Waals surface area contributed by atoms with Gasteiger partial charge in [0.25, 0.3) is 5.56 Å². The van der Waals surface area contributed by atoms with Gasteiger partial charge in [0.05, 0.1) is 5.56 Å². The second kappa shape index (κ2) is 4.87. The molecule has 0 saturated carbocycles. The van der Waals surface area contributed by atoms with Crippen LogP contribution in [0.3, 0.4) is 0 Å². The van der Waals surface area contributed by atoms with Crippen molar-refractivity contribution in [3.63, 3.8) is 0 Å². The molecule has 3 rings (SSSR count). The van der Waals surface area contributed by atoms with Gasteiger partial charge in [0, 0.05) is 18.2 Å². The zero-order valence-corrected chi connectivity index (χ0v) is 12.1. The molecule has 0 bridgehead atoms. The average molecular weight is 284 g/mol. The van der Waals surface area contributed by atoms with Gasteiger partial charge in [-0.1, -0.05) is 36.5 Å². The number of fused-ring (bicyclic) bond motifs is 1. The summed E-state index contributed by atoms with van der Waals surface area (Å²) in [7, 11) is 0. The van der Waals surface area contributed by atoms with Crippen molar-refractivity contribution in [2.24, 2.45) is 5.73 Å². The number of nitrogens with zero attached hydrogens (tertiary/aromatic N) is 1. The summed E-state index contributed by atoms with van der Waals surface area (Å²) in [5.41, 5.74) is 9.63. The van der Waals surface area contributed by atoms with Crippen LogP contribution in [0, 0.1) is 6.92 Å². The number of benzene rings is 1. The topological polar surface area (TPSA) is 48.0 Å². The van der Waals surface area contributed by atoms with Crippen molar-refractivity contribution in [2.75, 3.05) is 0 Å². The van der Waals surface area contributed by atoms with Gasteiger partial charge in [-0.3, -0.25) is 4.79 Å². The minimum atomic E-state index is -0.0816. The molecule has 102 valence electrons. The molecule has 1 heterocycles. The fourth-order valence-corrected chi connectivity index (χ4v) is 2.99. The van der Waals surface area contributed by atoms with Crippen LogP contribution >= 0.6 is 12.2 Å².